The van der Waals surface area contributed by atoms with Crippen LogP contribution in [0.4, 0.5) is 5.82 Å². The first-order valence-corrected chi connectivity index (χ1v) is 8.92. The average molecular weight is 434 g/mol. The first-order chi connectivity index (χ1) is 12.9. The number of hydrogen-bond donors (Lipinski definition) is 1. The average Bonchev–Trinajstić information content (AvgIpc) is 3.21. The maximum absolute atomic E-state index is 12.3. The van der Waals surface area contributed by atoms with E-state index in [4.69, 9.17) is 5.73 Å². The molecule has 0 amide bonds. The summed E-state index contributed by atoms with van der Waals surface area (Å²) in [6.07, 6.45) is 3.77. The third kappa shape index (κ3) is 2.63. The van der Waals surface area contributed by atoms with E-state index >= 15 is 0 Å². The standard InChI is InChI=1S/C15H16BrN9O2/c1-22-12-9(13(26)23(2)15(22)27)21-14(16)25(12)5-3-4-24-7-20-8-10(17)18-6-19-11(8)24/h6-7H,3-5H2,1-2H3,(H2,17,18,19). The van der Waals surface area contributed by atoms with Crippen molar-refractivity contribution in [3.05, 3.63) is 38.2 Å². The van der Waals surface area contributed by atoms with Crippen molar-refractivity contribution in [2.24, 2.45) is 14.1 Å². The summed E-state index contributed by atoms with van der Waals surface area (Å²) >= 11 is 3.39. The smallest absolute Gasteiger partial charge is 0.332 e. The van der Waals surface area contributed by atoms with Crippen LogP contribution in [-0.4, -0.2) is 38.2 Å². The van der Waals surface area contributed by atoms with Crippen LogP contribution >= 0.6 is 15.9 Å². The quantitative estimate of drug-likeness (QED) is 0.448. The van der Waals surface area contributed by atoms with Gasteiger partial charge in [-0.2, -0.15) is 0 Å². The molecule has 0 bridgehead atoms. The van der Waals surface area contributed by atoms with Crippen molar-refractivity contribution in [1.82, 2.24) is 38.2 Å². The zero-order valence-electron chi connectivity index (χ0n) is 14.6. The molecule has 0 fully saturated rings. The van der Waals surface area contributed by atoms with E-state index < -0.39 is 11.2 Å². The van der Waals surface area contributed by atoms with E-state index in [-0.39, 0.29) is 5.52 Å². The Labute approximate surface area is 160 Å². The van der Waals surface area contributed by atoms with E-state index in [1.54, 1.807) is 17.9 Å². The largest absolute Gasteiger partial charge is 0.382 e. The summed E-state index contributed by atoms with van der Waals surface area (Å²) in [7, 11) is 3.06. The molecule has 0 saturated heterocycles. The summed E-state index contributed by atoms with van der Waals surface area (Å²) in [4.78, 5) is 41.2. The Morgan fingerprint density at radius 3 is 2.63 bits per heavy atom. The predicted octanol–water partition coefficient (Wildman–Crippen LogP) is 0.00840. The molecular formula is C15H16BrN9O2. The van der Waals surface area contributed by atoms with Crippen LogP contribution < -0.4 is 17.0 Å². The molecule has 4 rings (SSSR count). The molecule has 0 aromatic carbocycles. The fraction of sp³-hybridized carbons (Fsp3) is 0.333. The monoisotopic (exact) mass is 433 g/mol. The topological polar surface area (TPSA) is 131 Å². The van der Waals surface area contributed by atoms with Gasteiger partial charge < -0.3 is 14.9 Å². The van der Waals surface area contributed by atoms with Gasteiger partial charge in [0.1, 0.15) is 11.8 Å². The molecule has 11 nitrogen and oxygen atoms in total. The molecule has 0 aliphatic rings. The molecule has 2 N–H and O–H groups in total. The molecule has 4 aromatic rings. The first-order valence-electron chi connectivity index (χ1n) is 8.13. The second-order valence-corrected chi connectivity index (χ2v) is 6.84. The van der Waals surface area contributed by atoms with E-state index in [1.165, 1.54) is 17.9 Å². The number of imidazole rings is 2. The lowest BCUT2D eigenvalue weighted by molar-refractivity contribution is 0.562. The van der Waals surface area contributed by atoms with Crippen LogP contribution in [-0.2, 0) is 27.2 Å². The number of aryl methyl sites for hydroxylation is 3. The van der Waals surface area contributed by atoms with Crippen LogP contribution in [0.15, 0.2) is 27.0 Å². The van der Waals surface area contributed by atoms with Crippen molar-refractivity contribution in [2.75, 3.05) is 5.73 Å². The summed E-state index contributed by atoms with van der Waals surface area (Å²) in [5.41, 5.74) is 6.96. The highest BCUT2D eigenvalue weighted by atomic mass is 79.9. The number of anilines is 1. The van der Waals surface area contributed by atoms with E-state index in [0.29, 0.717) is 46.9 Å². The van der Waals surface area contributed by atoms with E-state index in [9.17, 15) is 9.59 Å². The normalized spacial score (nSPS) is 11.7. The van der Waals surface area contributed by atoms with Gasteiger partial charge in [-0.05, 0) is 22.4 Å². The van der Waals surface area contributed by atoms with Gasteiger partial charge in [0.15, 0.2) is 27.4 Å². The Hall–Kier alpha value is -3.02. The van der Waals surface area contributed by atoms with Gasteiger partial charge in [0, 0.05) is 27.2 Å². The molecule has 0 aliphatic heterocycles. The zero-order chi connectivity index (χ0) is 19.3. The number of rotatable bonds is 4. The van der Waals surface area contributed by atoms with Crippen molar-refractivity contribution in [1.29, 1.82) is 0 Å². The summed E-state index contributed by atoms with van der Waals surface area (Å²) in [5.74, 6) is 0.341. The van der Waals surface area contributed by atoms with Gasteiger partial charge in [-0.15, -0.1) is 0 Å². The Morgan fingerprint density at radius 2 is 1.85 bits per heavy atom. The van der Waals surface area contributed by atoms with Gasteiger partial charge in [-0.1, -0.05) is 0 Å². The Balaban J connectivity index is 1.66. The van der Waals surface area contributed by atoms with E-state index in [0.717, 1.165) is 4.57 Å². The van der Waals surface area contributed by atoms with Crippen molar-refractivity contribution in [3.63, 3.8) is 0 Å². The van der Waals surface area contributed by atoms with Crippen LogP contribution in [0.3, 0.4) is 0 Å². The van der Waals surface area contributed by atoms with Crippen LogP contribution in [0.25, 0.3) is 22.3 Å². The highest BCUT2D eigenvalue weighted by molar-refractivity contribution is 9.10. The highest BCUT2D eigenvalue weighted by Gasteiger charge is 2.17. The number of fused-ring (bicyclic) bond motifs is 2. The molecule has 0 saturated carbocycles. The summed E-state index contributed by atoms with van der Waals surface area (Å²) in [6, 6.07) is 0. The third-order valence-electron chi connectivity index (χ3n) is 4.50. The molecule has 0 aliphatic carbocycles. The van der Waals surface area contributed by atoms with Crippen LogP contribution in [0.1, 0.15) is 6.42 Å². The molecule has 4 aromatic heterocycles. The predicted molar refractivity (Wildman–Crippen MR) is 102 cm³/mol. The molecule has 0 radical (unpaired) electrons. The summed E-state index contributed by atoms with van der Waals surface area (Å²) in [6.45, 7) is 1.16. The molecule has 0 spiro atoms. The van der Waals surface area contributed by atoms with E-state index in [1.807, 2.05) is 4.57 Å². The van der Waals surface area contributed by atoms with Crippen molar-refractivity contribution >= 4 is 44.1 Å². The molecule has 0 unspecified atom stereocenters. The van der Waals surface area contributed by atoms with Crippen LogP contribution in [0, 0.1) is 0 Å². The van der Waals surface area contributed by atoms with Gasteiger partial charge in [-0.25, -0.2) is 24.7 Å². The zero-order valence-corrected chi connectivity index (χ0v) is 16.2. The Morgan fingerprint density at radius 1 is 1.07 bits per heavy atom. The number of hydrogen-bond acceptors (Lipinski definition) is 7. The molecular weight excluding hydrogens is 418 g/mol. The van der Waals surface area contributed by atoms with Gasteiger partial charge in [-0.3, -0.25) is 13.9 Å². The Bertz CT molecular complexity index is 1300. The van der Waals surface area contributed by atoms with Crippen molar-refractivity contribution < 1.29 is 0 Å². The van der Waals surface area contributed by atoms with Crippen molar-refractivity contribution in [2.45, 2.75) is 19.5 Å². The minimum atomic E-state index is -0.416. The molecule has 140 valence electrons. The van der Waals surface area contributed by atoms with Gasteiger partial charge >= 0.3 is 5.69 Å². The van der Waals surface area contributed by atoms with Gasteiger partial charge in [0.25, 0.3) is 5.56 Å². The SMILES string of the molecule is Cn1c(=O)c2nc(Br)n(CCCn3cnc4c(N)ncnc43)c2n(C)c1=O. The van der Waals surface area contributed by atoms with Crippen LogP contribution in [0.2, 0.25) is 0 Å². The first kappa shape index (κ1) is 17.4. The summed E-state index contributed by atoms with van der Waals surface area (Å²) < 4.78 is 6.67. The second kappa shape index (κ2) is 6.30. The van der Waals surface area contributed by atoms with Gasteiger partial charge in [0.05, 0.1) is 6.33 Å². The number of nitrogens with zero attached hydrogens (tertiary/aromatic N) is 8. The second-order valence-electron chi connectivity index (χ2n) is 6.13. The molecule has 4 heterocycles. The molecule has 27 heavy (non-hydrogen) atoms. The Kier molecular flexibility index (Phi) is 4.06. The highest BCUT2D eigenvalue weighted by Crippen LogP contribution is 2.18. The lowest BCUT2D eigenvalue weighted by Crippen LogP contribution is -2.37. The lowest BCUT2D eigenvalue weighted by Gasteiger charge is -2.10. The lowest BCUT2D eigenvalue weighted by atomic mass is 10.4. The van der Waals surface area contributed by atoms with Crippen molar-refractivity contribution in [3.8, 4) is 0 Å². The molecule has 12 heteroatoms. The fourth-order valence-electron chi connectivity index (χ4n) is 3.12. The summed E-state index contributed by atoms with van der Waals surface area (Å²) in [5, 5.41) is 0. The van der Waals surface area contributed by atoms with E-state index in [2.05, 4.69) is 35.9 Å². The number of aromatic nitrogens is 8. The maximum atomic E-state index is 12.3. The van der Waals surface area contributed by atoms with Gasteiger partial charge in [0.2, 0.25) is 0 Å². The maximum Gasteiger partial charge on any atom is 0.332 e. The number of nitrogens with two attached hydrogens (primary N) is 1. The number of halogens is 1. The van der Waals surface area contributed by atoms with Crippen LogP contribution in [0.5, 0.6) is 0 Å². The third-order valence-corrected chi connectivity index (χ3v) is 5.11. The number of nitrogen functional groups attached to an aromatic ring is 1. The minimum Gasteiger partial charge on any atom is -0.382 e. The minimum absolute atomic E-state index is 0.250. The fourth-order valence-corrected chi connectivity index (χ4v) is 3.64. The molecule has 0 atom stereocenters.